The van der Waals surface area contributed by atoms with E-state index in [1.54, 1.807) is 0 Å². The number of rotatable bonds is 3. The molecule has 0 aromatic carbocycles. The Morgan fingerprint density at radius 1 is 1.20 bits per heavy atom. The zero-order valence-electron chi connectivity index (χ0n) is 13.6. The minimum absolute atomic E-state index is 0.101. The molecule has 114 valence electrons. The van der Waals surface area contributed by atoms with Gasteiger partial charge in [-0.1, -0.05) is 20.8 Å². The highest BCUT2D eigenvalue weighted by molar-refractivity contribution is 5.84. The summed E-state index contributed by atoms with van der Waals surface area (Å²) in [6.07, 6.45) is 6.95. The highest BCUT2D eigenvalue weighted by Gasteiger charge is 2.62. The molecule has 20 heavy (non-hydrogen) atoms. The molecule has 2 heteroatoms. The van der Waals surface area contributed by atoms with Crippen molar-refractivity contribution >= 4 is 5.78 Å². The van der Waals surface area contributed by atoms with Crippen LogP contribution in [0.1, 0.15) is 66.2 Å². The zero-order valence-corrected chi connectivity index (χ0v) is 13.6. The highest BCUT2D eigenvalue weighted by atomic mass is 16.5. The van der Waals surface area contributed by atoms with Gasteiger partial charge in [0, 0.05) is 13.0 Å². The Morgan fingerprint density at radius 3 is 2.45 bits per heavy atom. The summed E-state index contributed by atoms with van der Waals surface area (Å²) in [5.41, 5.74) is 0.929. The largest absolute Gasteiger partial charge is 0.371 e. The fourth-order valence-corrected chi connectivity index (χ4v) is 5.72. The van der Waals surface area contributed by atoms with E-state index in [9.17, 15) is 4.79 Å². The Bertz CT molecular complexity index is 400. The first-order valence-corrected chi connectivity index (χ1v) is 8.54. The molecule has 2 nitrogen and oxygen atoms in total. The number of hydrogen-bond donors (Lipinski definition) is 0. The molecule has 3 saturated carbocycles. The normalized spacial score (nSPS) is 46.9. The molecule has 0 N–H and O–H groups in total. The average Bonchev–Trinajstić information content (AvgIpc) is 2.74. The molecule has 0 aliphatic heterocycles. The van der Waals surface area contributed by atoms with Crippen molar-refractivity contribution in [2.24, 2.45) is 28.6 Å². The Hall–Kier alpha value is -0.370. The van der Waals surface area contributed by atoms with Crippen LogP contribution in [0.2, 0.25) is 0 Å². The van der Waals surface area contributed by atoms with Crippen molar-refractivity contribution < 1.29 is 9.53 Å². The number of carbonyl (C=O) groups is 1. The summed E-state index contributed by atoms with van der Waals surface area (Å²) in [7, 11) is 0. The van der Waals surface area contributed by atoms with Gasteiger partial charge in [-0.2, -0.15) is 0 Å². The Kier molecular flexibility index (Phi) is 3.52. The fraction of sp³-hybridized carbons (Fsp3) is 0.944. The second kappa shape index (κ2) is 4.83. The Morgan fingerprint density at radius 2 is 1.95 bits per heavy atom. The van der Waals surface area contributed by atoms with Crippen LogP contribution in [0.25, 0.3) is 0 Å². The average molecular weight is 278 g/mol. The van der Waals surface area contributed by atoms with Crippen molar-refractivity contribution in [2.75, 3.05) is 6.61 Å². The Labute approximate surface area is 123 Å². The lowest BCUT2D eigenvalue weighted by Crippen LogP contribution is -2.40. The second-order valence-corrected chi connectivity index (χ2v) is 8.17. The van der Waals surface area contributed by atoms with Crippen molar-refractivity contribution in [2.45, 2.75) is 72.3 Å². The van der Waals surface area contributed by atoms with E-state index in [1.165, 1.54) is 25.7 Å². The first-order chi connectivity index (χ1) is 9.40. The molecule has 2 bridgehead atoms. The van der Waals surface area contributed by atoms with E-state index in [0.29, 0.717) is 29.1 Å². The molecular formula is C18H30O2. The number of ether oxygens (including phenoxy) is 1. The van der Waals surface area contributed by atoms with Gasteiger partial charge in [0.25, 0.3) is 0 Å². The van der Waals surface area contributed by atoms with Crippen LogP contribution < -0.4 is 0 Å². The van der Waals surface area contributed by atoms with Gasteiger partial charge in [-0.15, -0.1) is 0 Å². The maximum Gasteiger partial charge on any atom is 0.161 e. The summed E-state index contributed by atoms with van der Waals surface area (Å²) in [6, 6.07) is 0. The molecule has 0 heterocycles. The molecule has 0 aromatic heterocycles. The first-order valence-electron chi connectivity index (χ1n) is 8.54. The topological polar surface area (TPSA) is 26.3 Å². The number of carbonyl (C=O) groups excluding carboxylic acids is 1. The molecule has 0 saturated heterocycles. The van der Waals surface area contributed by atoms with E-state index in [1.807, 2.05) is 6.92 Å². The molecule has 3 aliphatic rings. The van der Waals surface area contributed by atoms with E-state index in [0.717, 1.165) is 24.7 Å². The van der Waals surface area contributed by atoms with Crippen LogP contribution in [-0.4, -0.2) is 18.5 Å². The molecular weight excluding hydrogens is 248 g/mol. The van der Waals surface area contributed by atoms with Crippen LogP contribution in [0.4, 0.5) is 0 Å². The zero-order chi connectivity index (χ0) is 14.5. The number of hydrogen-bond acceptors (Lipinski definition) is 2. The van der Waals surface area contributed by atoms with E-state index in [4.69, 9.17) is 4.74 Å². The number of ketones is 1. The number of fused-ring (bicyclic) bond motifs is 2. The van der Waals surface area contributed by atoms with Crippen LogP contribution in [0.5, 0.6) is 0 Å². The van der Waals surface area contributed by atoms with Gasteiger partial charge in [-0.25, -0.2) is 0 Å². The fourth-order valence-electron chi connectivity index (χ4n) is 5.72. The summed E-state index contributed by atoms with van der Waals surface area (Å²) < 4.78 is 5.58. The van der Waals surface area contributed by atoms with Gasteiger partial charge < -0.3 is 4.74 Å². The third-order valence-corrected chi connectivity index (χ3v) is 7.42. The van der Waals surface area contributed by atoms with Crippen molar-refractivity contribution in [3.8, 4) is 0 Å². The molecule has 3 fully saturated rings. The summed E-state index contributed by atoms with van der Waals surface area (Å²) >= 11 is 0. The van der Waals surface area contributed by atoms with Gasteiger partial charge in [0.1, 0.15) is 6.10 Å². The van der Waals surface area contributed by atoms with E-state index >= 15 is 0 Å². The maximum atomic E-state index is 12.3. The quantitative estimate of drug-likeness (QED) is 0.772. The molecule has 3 rings (SSSR count). The second-order valence-electron chi connectivity index (χ2n) is 8.17. The molecule has 0 aromatic rings. The van der Waals surface area contributed by atoms with Crippen LogP contribution in [-0.2, 0) is 9.53 Å². The lowest BCUT2D eigenvalue weighted by Gasteiger charge is -2.44. The van der Waals surface area contributed by atoms with Crippen LogP contribution in [0, 0.1) is 28.6 Å². The SMILES string of the molecule is CCOC1CCC([C@@H]2C[C@H]3CC[C@]2(C)C3(C)C)CC1=O. The number of Topliss-reactive ketones (excluding diaryl/α,β-unsaturated/α-hetero) is 1. The maximum absolute atomic E-state index is 12.3. The van der Waals surface area contributed by atoms with Crippen LogP contribution in [0.15, 0.2) is 0 Å². The summed E-state index contributed by atoms with van der Waals surface area (Å²) in [5, 5.41) is 0. The van der Waals surface area contributed by atoms with E-state index in [2.05, 4.69) is 20.8 Å². The molecule has 0 spiro atoms. The molecule has 0 amide bonds. The minimum atomic E-state index is -0.101. The van der Waals surface area contributed by atoms with E-state index in [-0.39, 0.29) is 6.10 Å². The molecule has 2 unspecified atom stereocenters. The lowest BCUT2D eigenvalue weighted by atomic mass is 9.61. The molecule has 5 atom stereocenters. The van der Waals surface area contributed by atoms with Gasteiger partial charge in [-0.05, 0) is 67.6 Å². The predicted molar refractivity (Wildman–Crippen MR) is 80.5 cm³/mol. The monoisotopic (exact) mass is 278 g/mol. The first kappa shape index (κ1) is 14.6. The van der Waals surface area contributed by atoms with Crippen molar-refractivity contribution in [1.82, 2.24) is 0 Å². The van der Waals surface area contributed by atoms with Crippen molar-refractivity contribution in [1.29, 1.82) is 0 Å². The lowest BCUT2D eigenvalue weighted by molar-refractivity contribution is -0.136. The van der Waals surface area contributed by atoms with Crippen molar-refractivity contribution in [3.63, 3.8) is 0 Å². The third kappa shape index (κ3) is 1.90. The van der Waals surface area contributed by atoms with E-state index < -0.39 is 0 Å². The van der Waals surface area contributed by atoms with Gasteiger partial charge in [0.05, 0.1) is 0 Å². The summed E-state index contributed by atoms with van der Waals surface area (Å²) in [5.74, 6) is 2.64. The van der Waals surface area contributed by atoms with Gasteiger partial charge in [-0.3, -0.25) is 4.79 Å². The third-order valence-electron chi connectivity index (χ3n) is 7.42. The summed E-state index contributed by atoms with van der Waals surface area (Å²) in [6.45, 7) is 10.1. The van der Waals surface area contributed by atoms with Gasteiger partial charge in [0.2, 0.25) is 0 Å². The van der Waals surface area contributed by atoms with Crippen LogP contribution >= 0.6 is 0 Å². The summed E-state index contributed by atoms with van der Waals surface area (Å²) in [4.78, 5) is 12.3. The standard InChI is InChI=1S/C18H30O2/c1-5-20-16-7-6-12(10-15(16)19)14-11-13-8-9-18(14,4)17(13,2)3/h12-14,16H,5-11H2,1-4H3/t12?,13-,14+,16?,18+/m1/s1. The molecule has 3 aliphatic carbocycles. The van der Waals surface area contributed by atoms with Crippen LogP contribution in [0.3, 0.4) is 0 Å². The smallest absolute Gasteiger partial charge is 0.161 e. The van der Waals surface area contributed by atoms with Gasteiger partial charge >= 0.3 is 0 Å². The molecule has 0 radical (unpaired) electrons. The van der Waals surface area contributed by atoms with Crippen molar-refractivity contribution in [3.05, 3.63) is 0 Å². The minimum Gasteiger partial charge on any atom is -0.371 e. The Balaban J connectivity index is 1.72. The predicted octanol–water partition coefficient (Wildman–Crippen LogP) is 4.22. The highest BCUT2D eigenvalue weighted by Crippen LogP contribution is 2.70. The van der Waals surface area contributed by atoms with Gasteiger partial charge in [0.15, 0.2) is 5.78 Å².